The Morgan fingerprint density at radius 3 is 2.00 bits per heavy atom. The second-order valence-corrected chi connectivity index (χ2v) is 4.82. The molecule has 0 spiro atoms. The topological polar surface area (TPSA) is 38.0 Å². The predicted octanol–water partition coefficient (Wildman–Crippen LogP) is 2.96. The van der Waals surface area contributed by atoms with Crippen molar-refractivity contribution in [3.8, 4) is 0 Å². The smallest absolute Gasteiger partial charge is 0.0406 e. The lowest BCUT2D eigenvalue weighted by atomic mass is 9.99. The molecule has 0 saturated carbocycles. The van der Waals surface area contributed by atoms with Crippen LogP contribution in [0, 0.1) is 0 Å². The normalized spacial score (nSPS) is 12.3. The van der Waals surface area contributed by atoms with Crippen molar-refractivity contribution in [3.05, 3.63) is 70.7 Å². The molecule has 2 nitrogen and oxygen atoms in total. The SMILES string of the molecule is NNC(Cc1ccccc1)Cc1ccc(Cl)cc1. The molecule has 2 aromatic carbocycles. The molecule has 0 radical (unpaired) electrons. The maximum Gasteiger partial charge on any atom is 0.0406 e. The number of nitrogens with two attached hydrogens (primary N) is 1. The van der Waals surface area contributed by atoms with Crippen molar-refractivity contribution >= 4 is 11.6 Å². The second-order valence-electron chi connectivity index (χ2n) is 4.38. The van der Waals surface area contributed by atoms with Gasteiger partial charge in [0.05, 0.1) is 0 Å². The molecule has 0 saturated heterocycles. The van der Waals surface area contributed by atoms with Gasteiger partial charge in [-0.15, -0.1) is 0 Å². The lowest BCUT2D eigenvalue weighted by Crippen LogP contribution is -2.38. The standard InChI is InChI=1S/C15H17ClN2/c16-14-8-6-13(7-9-14)11-15(18-17)10-12-4-2-1-3-5-12/h1-9,15,18H,10-11,17H2. The molecule has 2 aromatic rings. The van der Waals surface area contributed by atoms with Crippen molar-refractivity contribution in [2.75, 3.05) is 0 Å². The van der Waals surface area contributed by atoms with Gasteiger partial charge >= 0.3 is 0 Å². The molecule has 1 atom stereocenters. The van der Waals surface area contributed by atoms with Crippen molar-refractivity contribution in [2.45, 2.75) is 18.9 Å². The molecule has 3 N–H and O–H groups in total. The molecule has 0 aliphatic carbocycles. The molecular weight excluding hydrogens is 244 g/mol. The number of nitrogens with one attached hydrogen (secondary N) is 1. The zero-order valence-electron chi connectivity index (χ0n) is 10.1. The van der Waals surface area contributed by atoms with Crippen LogP contribution < -0.4 is 11.3 Å². The number of rotatable bonds is 5. The third-order valence-corrected chi connectivity index (χ3v) is 3.21. The van der Waals surface area contributed by atoms with E-state index in [0.717, 1.165) is 17.9 Å². The lowest BCUT2D eigenvalue weighted by Gasteiger charge is -2.16. The van der Waals surface area contributed by atoms with E-state index in [4.69, 9.17) is 17.4 Å². The van der Waals surface area contributed by atoms with Crippen molar-refractivity contribution < 1.29 is 0 Å². The Hall–Kier alpha value is -1.35. The largest absolute Gasteiger partial charge is 0.271 e. The molecule has 0 aromatic heterocycles. The van der Waals surface area contributed by atoms with Crippen LogP contribution in [0.2, 0.25) is 5.02 Å². The van der Waals surface area contributed by atoms with Gasteiger partial charge in [0.1, 0.15) is 0 Å². The molecular formula is C15H17ClN2. The minimum atomic E-state index is 0.230. The maximum atomic E-state index is 5.87. The molecule has 2 rings (SSSR count). The van der Waals surface area contributed by atoms with Crippen LogP contribution >= 0.6 is 11.6 Å². The van der Waals surface area contributed by atoms with Crippen molar-refractivity contribution in [1.82, 2.24) is 5.43 Å². The third kappa shape index (κ3) is 3.84. The van der Waals surface area contributed by atoms with Gasteiger partial charge in [-0.1, -0.05) is 54.1 Å². The summed E-state index contributed by atoms with van der Waals surface area (Å²) in [5.41, 5.74) is 5.40. The predicted molar refractivity (Wildman–Crippen MR) is 76.4 cm³/mol. The molecule has 18 heavy (non-hydrogen) atoms. The minimum Gasteiger partial charge on any atom is -0.271 e. The molecule has 0 heterocycles. The first-order valence-corrected chi connectivity index (χ1v) is 6.40. The summed E-state index contributed by atoms with van der Waals surface area (Å²) in [5.74, 6) is 5.62. The fourth-order valence-corrected chi connectivity index (χ4v) is 2.12. The molecule has 94 valence electrons. The van der Waals surface area contributed by atoms with Gasteiger partial charge in [-0.2, -0.15) is 0 Å². The summed E-state index contributed by atoms with van der Waals surface area (Å²) in [4.78, 5) is 0. The Kier molecular flexibility index (Phi) is 4.76. The molecule has 0 amide bonds. The van der Waals surface area contributed by atoms with Crippen LogP contribution in [0.25, 0.3) is 0 Å². The highest BCUT2D eigenvalue weighted by atomic mass is 35.5. The summed E-state index contributed by atoms with van der Waals surface area (Å²) < 4.78 is 0. The number of halogens is 1. The van der Waals surface area contributed by atoms with E-state index >= 15 is 0 Å². The Labute approximate surface area is 113 Å². The first kappa shape index (κ1) is 13.1. The van der Waals surface area contributed by atoms with E-state index in [1.165, 1.54) is 11.1 Å². The van der Waals surface area contributed by atoms with Gasteiger partial charge in [0.25, 0.3) is 0 Å². The number of hydrogen-bond donors (Lipinski definition) is 2. The quantitative estimate of drug-likeness (QED) is 0.641. The Bertz CT molecular complexity index is 468. The zero-order chi connectivity index (χ0) is 12.8. The summed E-state index contributed by atoms with van der Waals surface area (Å²) in [5, 5.41) is 0.763. The van der Waals surface area contributed by atoms with E-state index in [0.29, 0.717) is 0 Å². The van der Waals surface area contributed by atoms with Gasteiger partial charge in [0.2, 0.25) is 0 Å². The first-order valence-electron chi connectivity index (χ1n) is 6.02. The summed E-state index contributed by atoms with van der Waals surface area (Å²) in [6.45, 7) is 0. The first-order chi connectivity index (χ1) is 8.78. The molecule has 3 heteroatoms. The van der Waals surface area contributed by atoms with Gasteiger partial charge < -0.3 is 0 Å². The van der Waals surface area contributed by atoms with Crippen molar-refractivity contribution in [2.24, 2.45) is 5.84 Å². The van der Waals surface area contributed by atoms with Crippen LogP contribution in [0.1, 0.15) is 11.1 Å². The molecule has 0 fully saturated rings. The molecule has 0 aliphatic rings. The molecule has 1 unspecified atom stereocenters. The zero-order valence-corrected chi connectivity index (χ0v) is 10.9. The highest BCUT2D eigenvalue weighted by Crippen LogP contribution is 2.12. The Balaban J connectivity index is 1.99. The monoisotopic (exact) mass is 260 g/mol. The fraction of sp³-hybridized carbons (Fsp3) is 0.200. The van der Waals surface area contributed by atoms with Gasteiger partial charge in [-0.25, -0.2) is 0 Å². The third-order valence-electron chi connectivity index (χ3n) is 2.96. The average Bonchev–Trinajstić information content (AvgIpc) is 2.41. The number of hydrazine groups is 1. The molecule has 0 aliphatic heterocycles. The average molecular weight is 261 g/mol. The highest BCUT2D eigenvalue weighted by molar-refractivity contribution is 6.30. The van der Waals surface area contributed by atoms with E-state index in [2.05, 4.69) is 17.6 Å². The van der Waals surface area contributed by atoms with E-state index in [1.807, 2.05) is 42.5 Å². The lowest BCUT2D eigenvalue weighted by molar-refractivity contribution is 0.522. The number of benzene rings is 2. The minimum absolute atomic E-state index is 0.230. The van der Waals surface area contributed by atoms with Crippen LogP contribution in [0.4, 0.5) is 0 Å². The van der Waals surface area contributed by atoms with Crippen molar-refractivity contribution in [3.63, 3.8) is 0 Å². The van der Waals surface area contributed by atoms with Crippen LogP contribution in [-0.2, 0) is 12.8 Å². The van der Waals surface area contributed by atoms with Crippen molar-refractivity contribution in [1.29, 1.82) is 0 Å². The van der Waals surface area contributed by atoms with Crippen LogP contribution in [-0.4, -0.2) is 6.04 Å². The van der Waals surface area contributed by atoms with Crippen LogP contribution in [0.15, 0.2) is 54.6 Å². The molecule has 0 bridgehead atoms. The summed E-state index contributed by atoms with van der Waals surface area (Å²) >= 11 is 5.87. The van der Waals surface area contributed by atoms with Crippen LogP contribution in [0.3, 0.4) is 0 Å². The Morgan fingerprint density at radius 2 is 1.44 bits per heavy atom. The Morgan fingerprint density at radius 1 is 0.889 bits per heavy atom. The summed E-state index contributed by atoms with van der Waals surface area (Å²) in [6.07, 6.45) is 1.81. The maximum absolute atomic E-state index is 5.87. The highest BCUT2D eigenvalue weighted by Gasteiger charge is 2.08. The van der Waals surface area contributed by atoms with E-state index < -0.39 is 0 Å². The van der Waals surface area contributed by atoms with Gasteiger partial charge in [-0.3, -0.25) is 11.3 Å². The summed E-state index contributed by atoms with van der Waals surface area (Å²) in [6, 6.07) is 18.5. The van der Waals surface area contributed by atoms with Gasteiger partial charge in [0, 0.05) is 11.1 Å². The fourth-order valence-electron chi connectivity index (χ4n) is 1.99. The van der Waals surface area contributed by atoms with E-state index in [9.17, 15) is 0 Å². The summed E-state index contributed by atoms with van der Waals surface area (Å²) in [7, 11) is 0. The van der Waals surface area contributed by atoms with Crippen LogP contribution in [0.5, 0.6) is 0 Å². The van der Waals surface area contributed by atoms with E-state index in [1.54, 1.807) is 0 Å². The van der Waals surface area contributed by atoms with E-state index in [-0.39, 0.29) is 6.04 Å². The van der Waals surface area contributed by atoms with Gasteiger partial charge in [-0.05, 0) is 36.1 Å². The van der Waals surface area contributed by atoms with Gasteiger partial charge in [0.15, 0.2) is 0 Å². The number of hydrogen-bond acceptors (Lipinski definition) is 2. The second kappa shape index (κ2) is 6.55.